The summed E-state index contributed by atoms with van der Waals surface area (Å²) in [6, 6.07) is 20.4. The SMILES string of the molecule is CC.COC(=O)c1cccc2oc(-c3cccc4oc(-c5ccccc5)nc34)nc12. The number of nitrogens with zero attached hydrogens (tertiary/aromatic N) is 2. The number of rotatable bonds is 3. The lowest BCUT2D eigenvalue weighted by Gasteiger charge is -1.97. The van der Waals surface area contributed by atoms with E-state index in [9.17, 15) is 4.79 Å². The van der Waals surface area contributed by atoms with Crippen LogP contribution in [0.5, 0.6) is 0 Å². The van der Waals surface area contributed by atoms with Crippen molar-refractivity contribution >= 4 is 28.2 Å². The minimum Gasteiger partial charge on any atom is -0.465 e. The Bertz CT molecular complexity index is 1320. The number of ether oxygens (including phenoxy) is 1. The Morgan fingerprint density at radius 2 is 1.40 bits per heavy atom. The van der Waals surface area contributed by atoms with Crippen molar-refractivity contribution in [3.63, 3.8) is 0 Å². The van der Waals surface area contributed by atoms with E-state index >= 15 is 0 Å². The molecule has 0 amide bonds. The average molecular weight is 400 g/mol. The van der Waals surface area contributed by atoms with E-state index in [0.29, 0.717) is 45.1 Å². The lowest BCUT2D eigenvalue weighted by Crippen LogP contribution is -2.01. The Hall–Kier alpha value is -3.93. The number of fused-ring (bicyclic) bond motifs is 2. The molecule has 0 radical (unpaired) electrons. The van der Waals surface area contributed by atoms with Crippen LogP contribution in [0, 0.1) is 0 Å². The van der Waals surface area contributed by atoms with E-state index in [0.717, 1.165) is 5.56 Å². The van der Waals surface area contributed by atoms with Crippen LogP contribution in [0.1, 0.15) is 24.2 Å². The van der Waals surface area contributed by atoms with Crippen molar-refractivity contribution in [3.05, 3.63) is 72.3 Å². The fourth-order valence-electron chi connectivity index (χ4n) is 3.16. The first-order valence-corrected chi connectivity index (χ1v) is 9.68. The number of hydrogen-bond donors (Lipinski definition) is 0. The lowest BCUT2D eigenvalue weighted by atomic mass is 10.2. The molecule has 0 unspecified atom stereocenters. The molecule has 6 nitrogen and oxygen atoms in total. The number of carbonyl (C=O) groups is 1. The zero-order valence-electron chi connectivity index (χ0n) is 16.9. The van der Waals surface area contributed by atoms with Crippen LogP contribution in [-0.2, 0) is 4.74 Å². The zero-order chi connectivity index (χ0) is 21.1. The van der Waals surface area contributed by atoms with E-state index < -0.39 is 5.97 Å². The molecule has 2 heterocycles. The normalized spacial score (nSPS) is 10.6. The molecule has 2 aromatic heterocycles. The molecule has 0 aliphatic rings. The Morgan fingerprint density at radius 3 is 2.13 bits per heavy atom. The number of esters is 1. The summed E-state index contributed by atoms with van der Waals surface area (Å²) in [7, 11) is 1.34. The lowest BCUT2D eigenvalue weighted by molar-refractivity contribution is 0.0602. The second-order valence-corrected chi connectivity index (χ2v) is 6.20. The summed E-state index contributed by atoms with van der Waals surface area (Å²) in [6.07, 6.45) is 0. The quantitative estimate of drug-likeness (QED) is 0.340. The Kier molecular flexibility index (Phi) is 5.30. The van der Waals surface area contributed by atoms with Gasteiger partial charge in [-0.25, -0.2) is 14.8 Å². The molecule has 0 spiro atoms. The molecule has 5 rings (SSSR count). The molecule has 6 heteroatoms. The fourth-order valence-corrected chi connectivity index (χ4v) is 3.16. The van der Waals surface area contributed by atoms with Gasteiger partial charge in [-0.2, -0.15) is 0 Å². The summed E-state index contributed by atoms with van der Waals surface area (Å²) in [4.78, 5) is 21.2. The highest BCUT2D eigenvalue weighted by atomic mass is 16.5. The van der Waals surface area contributed by atoms with Gasteiger partial charge in [0.25, 0.3) is 0 Å². The van der Waals surface area contributed by atoms with Gasteiger partial charge in [0.1, 0.15) is 11.0 Å². The van der Waals surface area contributed by atoms with E-state index in [1.54, 1.807) is 18.2 Å². The van der Waals surface area contributed by atoms with Crippen LogP contribution < -0.4 is 0 Å². The van der Waals surface area contributed by atoms with Crippen LogP contribution in [0.2, 0.25) is 0 Å². The van der Waals surface area contributed by atoms with Crippen molar-refractivity contribution in [1.29, 1.82) is 0 Å². The summed E-state index contributed by atoms with van der Waals surface area (Å²) in [6.45, 7) is 4.00. The third kappa shape index (κ3) is 3.33. The fraction of sp³-hybridized carbons (Fsp3) is 0.125. The summed E-state index contributed by atoms with van der Waals surface area (Å²) in [5.41, 5.74) is 4.16. The molecule has 0 saturated carbocycles. The molecular weight excluding hydrogens is 380 g/mol. The van der Waals surface area contributed by atoms with Crippen LogP contribution >= 0.6 is 0 Å². The molecule has 0 saturated heterocycles. The Balaban J connectivity index is 0.00000106. The van der Waals surface area contributed by atoms with Crippen molar-refractivity contribution in [2.45, 2.75) is 13.8 Å². The minimum absolute atomic E-state index is 0.354. The maximum Gasteiger partial charge on any atom is 0.340 e. The number of benzene rings is 3. The Labute approximate surface area is 173 Å². The minimum atomic E-state index is -0.462. The van der Waals surface area contributed by atoms with Crippen molar-refractivity contribution in [2.24, 2.45) is 0 Å². The molecule has 150 valence electrons. The number of hydrogen-bond acceptors (Lipinski definition) is 6. The molecule has 0 bridgehead atoms. The van der Waals surface area contributed by atoms with Crippen LogP contribution in [0.25, 0.3) is 45.1 Å². The predicted octanol–water partition coefficient (Wildman–Crippen LogP) is 6.12. The molecule has 0 aliphatic carbocycles. The van der Waals surface area contributed by atoms with Gasteiger partial charge >= 0.3 is 5.97 Å². The molecule has 30 heavy (non-hydrogen) atoms. The summed E-state index contributed by atoms with van der Waals surface area (Å²) in [5.74, 6) is 0.427. The highest BCUT2D eigenvalue weighted by molar-refractivity contribution is 6.02. The van der Waals surface area contributed by atoms with Gasteiger partial charge in [-0.05, 0) is 36.4 Å². The van der Waals surface area contributed by atoms with Gasteiger partial charge < -0.3 is 13.6 Å². The number of aromatic nitrogens is 2. The van der Waals surface area contributed by atoms with Crippen molar-refractivity contribution in [3.8, 4) is 22.9 Å². The van der Waals surface area contributed by atoms with E-state index in [2.05, 4.69) is 9.97 Å². The first kappa shape index (κ1) is 19.4. The van der Waals surface area contributed by atoms with Gasteiger partial charge in [0.05, 0.1) is 18.2 Å². The smallest absolute Gasteiger partial charge is 0.340 e. The topological polar surface area (TPSA) is 78.4 Å². The van der Waals surface area contributed by atoms with Gasteiger partial charge in [-0.3, -0.25) is 0 Å². The van der Waals surface area contributed by atoms with Gasteiger partial charge in [0.2, 0.25) is 11.8 Å². The number of methoxy groups -OCH3 is 1. The summed E-state index contributed by atoms with van der Waals surface area (Å²) < 4.78 is 16.7. The maximum atomic E-state index is 12.0. The van der Waals surface area contributed by atoms with Crippen molar-refractivity contribution in [2.75, 3.05) is 7.11 Å². The number of oxazole rings is 2. The number of carbonyl (C=O) groups excluding carboxylic acids is 1. The maximum absolute atomic E-state index is 12.0. The number of para-hydroxylation sites is 2. The standard InChI is InChI=1S/C22H14N2O4.C2H6/c1-26-22(25)15-10-6-12-17-19(15)24-21(28-17)14-9-5-11-16-18(14)23-20(27-16)13-7-3-2-4-8-13;1-2/h2-12H,1H3;1-2H3. The molecule has 3 aromatic carbocycles. The molecule has 0 fully saturated rings. The van der Waals surface area contributed by atoms with Crippen LogP contribution in [0.4, 0.5) is 0 Å². The van der Waals surface area contributed by atoms with Crippen molar-refractivity contribution in [1.82, 2.24) is 9.97 Å². The highest BCUT2D eigenvalue weighted by Crippen LogP contribution is 2.33. The van der Waals surface area contributed by atoms with Gasteiger partial charge in [-0.1, -0.05) is 44.2 Å². The van der Waals surface area contributed by atoms with E-state index in [-0.39, 0.29) is 0 Å². The zero-order valence-corrected chi connectivity index (χ0v) is 16.9. The second kappa shape index (κ2) is 8.21. The third-order valence-corrected chi connectivity index (χ3v) is 4.49. The van der Waals surface area contributed by atoms with Crippen LogP contribution in [0.3, 0.4) is 0 Å². The van der Waals surface area contributed by atoms with Gasteiger partial charge in [0, 0.05) is 5.56 Å². The highest BCUT2D eigenvalue weighted by Gasteiger charge is 2.19. The van der Waals surface area contributed by atoms with Crippen LogP contribution in [-0.4, -0.2) is 23.0 Å². The molecular formula is C24H20N2O4. The van der Waals surface area contributed by atoms with Crippen LogP contribution in [0.15, 0.2) is 75.6 Å². The molecule has 0 N–H and O–H groups in total. The summed E-state index contributed by atoms with van der Waals surface area (Å²) in [5, 5.41) is 0. The van der Waals surface area contributed by atoms with Crippen molar-refractivity contribution < 1.29 is 18.4 Å². The second-order valence-electron chi connectivity index (χ2n) is 6.20. The first-order chi connectivity index (χ1) is 14.7. The largest absolute Gasteiger partial charge is 0.465 e. The molecule has 0 atom stereocenters. The van der Waals surface area contributed by atoms with E-state index in [4.69, 9.17) is 13.6 Å². The third-order valence-electron chi connectivity index (χ3n) is 4.49. The Morgan fingerprint density at radius 1 is 0.767 bits per heavy atom. The van der Waals surface area contributed by atoms with Gasteiger partial charge in [-0.15, -0.1) is 0 Å². The van der Waals surface area contributed by atoms with E-state index in [1.165, 1.54) is 7.11 Å². The predicted molar refractivity (Wildman–Crippen MR) is 115 cm³/mol. The molecule has 5 aromatic rings. The monoisotopic (exact) mass is 400 g/mol. The first-order valence-electron chi connectivity index (χ1n) is 9.68. The molecule has 0 aliphatic heterocycles. The summed E-state index contributed by atoms with van der Waals surface area (Å²) >= 11 is 0. The van der Waals surface area contributed by atoms with E-state index in [1.807, 2.05) is 62.4 Å². The average Bonchev–Trinajstić information content (AvgIpc) is 3.44. The van der Waals surface area contributed by atoms with Gasteiger partial charge in [0.15, 0.2) is 11.2 Å².